The summed E-state index contributed by atoms with van der Waals surface area (Å²) < 4.78 is 5.63. The summed E-state index contributed by atoms with van der Waals surface area (Å²) in [6, 6.07) is 3.72. The van der Waals surface area contributed by atoms with E-state index >= 15 is 0 Å². The highest BCUT2D eigenvalue weighted by Gasteiger charge is 2.35. The summed E-state index contributed by atoms with van der Waals surface area (Å²) in [6.45, 7) is 7.12. The van der Waals surface area contributed by atoms with Gasteiger partial charge in [-0.05, 0) is 39.2 Å². The van der Waals surface area contributed by atoms with Crippen molar-refractivity contribution in [3.8, 4) is 0 Å². The zero-order chi connectivity index (χ0) is 13.8. The molecular weight excluding hydrogens is 229 g/mol. The van der Waals surface area contributed by atoms with Crippen LogP contribution in [0.15, 0.2) is 18.3 Å². The van der Waals surface area contributed by atoms with Gasteiger partial charge >= 0.3 is 7.48 Å². The Morgan fingerprint density at radius 3 is 2.39 bits per heavy atom. The second kappa shape index (κ2) is 5.69. The van der Waals surface area contributed by atoms with Crippen molar-refractivity contribution in [2.45, 2.75) is 38.9 Å². The van der Waals surface area contributed by atoms with Gasteiger partial charge in [0.2, 0.25) is 0 Å². The minimum Gasteiger partial charge on any atom is -0.427 e. The van der Waals surface area contributed by atoms with Crippen LogP contribution >= 0.6 is 0 Å². The Hall–Kier alpha value is -1.11. The number of rotatable bonds is 6. The van der Waals surface area contributed by atoms with Crippen molar-refractivity contribution in [2.24, 2.45) is 0 Å². The SMILES string of the molecule is CNNc1ccc([B]OC(C)(C)C(C)(C)O)cn1. The van der Waals surface area contributed by atoms with Crippen molar-refractivity contribution in [1.29, 1.82) is 0 Å². The van der Waals surface area contributed by atoms with Gasteiger partial charge in [-0.3, -0.25) is 0 Å². The van der Waals surface area contributed by atoms with Crippen LogP contribution in [-0.2, 0) is 4.65 Å². The number of hydrogen-bond acceptors (Lipinski definition) is 5. The Kier molecular flexibility index (Phi) is 4.73. The van der Waals surface area contributed by atoms with Crippen molar-refractivity contribution in [1.82, 2.24) is 10.4 Å². The first-order valence-electron chi connectivity index (χ1n) is 5.88. The second-order valence-corrected chi connectivity index (χ2v) is 5.16. The maximum atomic E-state index is 9.96. The summed E-state index contributed by atoms with van der Waals surface area (Å²) in [4.78, 5) is 4.18. The summed E-state index contributed by atoms with van der Waals surface area (Å²) in [5, 5.41) is 9.96. The van der Waals surface area contributed by atoms with Gasteiger partial charge in [0, 0.05) is 13.2 Å². The fourth-order valence-corrected chi connectivity index (χ4v) is 1.04. The molecule has 1 aromatic rings. The van der Waals surface area contributed by atoms with Crippen LogP contribution in [0.5, 0.6) is 0 Å². The van der Waals surface area contributed by atoms with Gasteiger partial charge in [-0.25, -0.2) is 10.4 Å². The molecule has 0 amide bonds. The Morgan fingerprint density at radius 1 is 1.28 bits per heavy atom. The smallest absolute Gasteiger partial charge is 0.332 e. The fourth-order valence-electron chi connectivity index (χ4n) is 1.04. The predicted octanol–water partition coefficient (Wildman–Crippen LogP) is 0.438. The number of nitrogens with one attached hydrogen (secondary N) is 2. The number of pyridine rings is 1. The van der Waals surface area contributed by atoms with Crippen LogP contribution in [0.2, 0.25) is 0 Å². The molecule has 1 heterocycles. The van der Waals surface area contributed by atoms with Gasteiger partial charge in [-0.2, -0.15) is 0 Å². The van der Waals surface area contributed by atoms with E-state index in [9.17, 15) is 5.11 Å². The highest BCUT2D eigenvalue weighted by atomic mass is 16.5. The van der Waals surface area contributed by atoms with Gasteiger partial charge in [0.15, 0.2) is 0 Å². The van der Waals surface area contributed by atoms with Crippen LogP contribution < -0.4 is 16.3 Å². The molecule has 0 bridgehead atoms. The van der Waals surface area contributed by atoms with Gasteiger partial charge in [0.1, 0.15) is 5.82 Å². The monoisotopic (exact) mass is 250 g/mol. The van der Waals surface area contributed by atoms with E-state index < -0.39 is 11.2 Å². The third kappa shape index (κ3) is 3.98. The Labute approximate surface area is 109 Å². The molecule has 3 N–H and O–H groups in total. The number of aliphatic hydroxyl groups is 1. The van der Waals surface area contributed by atoms with E-state index in [1.807, 2.05) is 26.0 Å². The van der Waals surface area contributed by atoms with E-state index in [0.717, 1.165) is 11.3 Å². The fraction of sp³-hybridized carbons (Fsp3) is 0.583. The van der Waals surface area contributed by atoms with Crippen LogP contribution in [0, 0.1) is 0 Å². The Balaban J connectivity index is 2.59. The van der Waals surface area contributed by atoms with Crippen molar-refractivity contribution in [3.05, 3.63) is 18.3 Å². The summed E-state index contributed by atoms with van der Waals surface area (Å²) in [5.74, 6) is 0.733. The molecular formula is C12H21BN3O2. The highest BCUT2D eigenvalue weighted by molar-refractivity contribution is 6.46. The molecule has 0 aliphatic heterocycles. The molecule has 6 heteroatoms. The molecule has 99 valence electrons. The van der Waals surface area contributed by atoms with Crippen LogP contribution in [0.25, 0.3) is 0 Å². The van der Waals surface area contributed by atoms with Gasteiger partial charge in [-0.15, -0.1) is 0 Å². The zero-order valence-electron chi connectivity index (χ0n) is 11.6. The van der Waals surface area contributed by atoms with E-state index in [4.69, 9.17) is 4.65 Å². The van der Waals surface area contributed by atoms with Crippen LogP contribution in [-0.4, -0.2) is 35.8 Å². The van der Waals surface area contributed by atoms with Crippen molar-refractivity contribution in [2.75, 3.05) is 12.5 Å². The summed E-state index contributed by atoms with van der Waals surface area (Å²) in [5.41, 5.74) is 4.91. The molecule has 1 radical (unpaired) electrons. The molecule has 1 rings (SSSR count). The van der Waals surface area contributed by atoms with Crippen LogP contribution in [0.3, 0.4) is 0 Å². The first-order valence-corrected chi connectivity index (χ1v) is 5.88. The molecule has 1 aromatic heterocycles. The van der Waals surface area contributed by atoms with E-state index in [0.29, 0.717) is 0 Å². The minimum absolute atomic E-state index is 0.672. The number of anilines is 1. The van der Waals surface area contributed by atoms with E-state index in [1.165, 1.54) is 0 Å². The van der Waals surface area contributed by atoms with Crippen molar-refractivity contribution >= 4 is 18.8 Å². The first kappa shape index (κ1) is 15.0. The number of hydrogen-bond donors (Lipinski definition) is 3. The quantitative estimate of drug-likeness (QED) is 0.505. The zero-order valence-corrected chi connectivity index (χ0v) is 11.6. The summed E-state index contributed by atoms with van der Waals surface area (Å²) in [6.07, 6.45) is 1.69. The number of nitrogens with zero attached hydrogens (tertiary/aromatic N) is 1. The van der Waals surface area contributed by atoms with Crippen molar-refractivity contribution < 1.29 is 9.76 Å². The summed E-state index contributed by atoms with van der Waals surface area (Å²) >= 11 is 0. The third-order valence-electron chi connectivity index (χ3n) is 3.00. The third-order valence-corrected chi connectivity index (χ3v) is 3.00. The molecule has 0 saturated carbocycles. The number of hydrazine groups is 1. The molecule has 0 atom stereocenters. The molecule has 5 nitrogen and oxygen atoms in total. The average Bonchev–Trinajstić information content (AvgIpc) is 2.27. The molecule has 0 fully saturated rings. The molecule has 0 saturated heterocycles. The lowest BCUT2D eigenvalue weighted by Crippen LogP contribution is -2.49. The normalized spacial score (nSPS) is 12.3. The maximum Gasteiger partial charge on any atom is 0.332 e. The maximum absolute atomic E-state index is 9.96. The molecule has 0 aromatic carbocycles. The molecule has 0 aliphatic carbocycles. The Morgan fingerprint density at radius 2 is 1.94 bits per heavy atom. The average molecular weight is 250 g/mol. The van der Waals surface area contributed by atoms with E-state index in [1.54, 1.807) is 34.6 Å². The summed E-state index contributed by atoms with van der Waals surface area (Å²) in [7, 11) is 3.38. The highest BCUT2D eigenvalue weighted by Crippen LogP contribution is 2.24. The molecule has 0 aliphatic rings. The lowest BCUT2D eigenvalue weighted by Gasteiger charge is -2.37. The Bertz CT molecular complexity index is 374. The van der Waals surface area contributed by atoms with Gasteiger partial charge in [0.25, 0.3) is 0 Å². The van der Waals surface area contributed by atoms with Gasteiger partial charge in [-0.1, -0.05) is 6.07 Å². The van der Waals surface area contributed by atoms with Crippen LogP contribution in [0.4, 0.5) is 5.82 Å². The topological polar surface area (TPSA) is 66.4 Å². The van der Waals surface area contributed by atoms with Gasteiger partial charge < -0.3 is 15.2 Å². The van der Waals surface area contributed by atoms with Gasteiger partial charge in [0.05, 0.1) is 11.2 Å². The minimum atomic E-state index is -0.926. The van der Waals surface area contributed by atoms with E-state index in [2.05, 4.69) is 15.8 Å². The first-order chi connectivity index (χ1) is 8.26. The second-order valence-electron chi connectivity index (χ2n) is 5.16. The standard InChI is InChI=1S/C12H21BN3O2/c1-11(2,17)12(3,4)18-13-9-6-7-10(15-8-9)16-14-5/h6-8,14,17H,1-5H3,(H,15,16). The lowest BCUT2D eigenvalue weighted by atomic mass is 9.83. The number of aromatic nitrogens is 1. The molecule has 0 unspecified atom stereocenters. The predicted molar refractivity (Wildman–Crippen MR) is 73.8 cm³/mol. The van der Waals surface area contributed by atoms with Crippen LogP contribution in [0.1, 0.15) is 27.7 Å². The molecule has 0 spiro atoms. The van der Waals surface area contributed by atoms with Crippen molar-refractivity contribution in [3.63, 3.8) is 0 Å². The molecule has 18 heavy (non-hydrogen) atoms. The lowest BCUT2D eigenvalue weighted by molar-refractivity contribution is -0.0893. The largest absolute Gasteiger partial charge is 0.427 e. The van der Waals surface area contributed by atoms with E-state index in [-0.39, 0.29) is 0 Å².